The number of phenolic OH excluding ortho intramolecular Hbond substituents is 1. The highest BCUT2D eigenvalue weighted by molar-refractivity contribution is 8.18. The smallest absolute Gasteiger partial charge is 0.293 e. The number of benzene rings is 1. The first kappa shape index (κ1) is 14.7. The van der Waals surface area contributed by atoms with Crippen LogP contribution in [0.3, 0.4) is 0 Å². The standard InChI is InChI=1S/C13H12ClNO4S/c1-3-15-12(17)10(20-13(15)18)5-7-4-8(14)6-9(19-2)11(7)16/h4-6,16H,3H2,1-2H3/b10-5-. The lowest BCUT2D eigenvalue weighted by molar-refractivity contribution is -0.122. The second-order valence-electron chi connectivity index (χ2n) is 3.97. The van der Waals surface area contributed by atoms with Crippen LogP contribution in [0.5, 0.6) is 11.5 Å². The van der Waals surface area contributed by atoms with Gasteiger partial charge in [-0.25, -0.2) is 0 Å². The van der Waals surface area contributed by atoms with Gasteiger partial charge >= 0.3 is 0 Å². The normalized spacial score (nSPS) is 17.1. The number of aromatic hydroxyl groups is 1. The van der Waals surface area contributed by atoms with E-state index in [0.29, 0.717) is 17.1 Å². The molecule has 0 saturated carbocycles. The van der Waals surface area contributed by atoms with E-state index in [1.54, 1.807) is 6.92 Å². The third kappa shape index (κ3) is 2.62. The Morgan fingerprint density at radius 3 is 2.70 bits per heavy atom. The van der Waals surface area contributed by atoms with Gasteiger partial charge in [0.25, 0.3) is 11.1 Å². The van der Waals surface area contributed by atoms with E-state index in [4.69, 9.17) is 16.3 Å². The summed E-state index contributed by atoms with van der Waals surface area (Å²) in [6.45, 7) is 2.03. The summed E-state index contributed by atoms with van der Waals surface area (Å²) < 4.78 is 4.99. The van der Waals surface area contributed by atoms with E-state index in [2.05, 4.69) is 0 Å². The summed E-state index contributed by atoms with van der Waals surface area (Å²) in [5, 5.41) is 10.0. The van der Waals surface area contributed by atoms with Gasteiger partial charge in [0, 0.05) is 23.2 Å². The van der Waals surface area contributed by atoms with Crippen LogP contribution in [-0.2, 0) is 4.79 Å². The molecule has 1 saturated heterocycles. The first-order valence-electron chi connectivity index (χ1n) is 5.79. The molecule has 7 heteroatoms. The molecule has 5 nitrogen and oxygen atoms in total. The maximum absolute atomic E-state index is 12.0. The number of hydrogen-bond donors (Lipinski definition) is 1. The van der Waals surface area contributed by atoms with Gasteiger partial charge < -0.3 is 9.84 Å². The van der Waals surface area contributed by atoms with E-state index >= 15 is 0 Å². The van der Waals surface area contributed by atoms with Gasteiger partial charge in [-0.15, -0.1) is 0 Å². The van der Waals surface area contributed by atoms with Crippen molar-refractivity contribution in [3.63, 3.8) is 0 Å². The summed E-state index contributed by atoms with van der Waals surface area (Å²) in [4.78, 5) is 25.0. The van der Waals surface area contributed by atoms with Gasteiger partial charge in [-0.1, -0.05) is 11.6 Å². The minimum absolute atomic E-state index is 0.125. The molecule has 0 bridgehead atoms. The van der Waals surface area contributed by atoms with Crippen LogP contribution in [0.15, 0.2) is 17.0 Å². The molecule has 0 aliphatic carbocycles. The van der Waals surface area contributed by atoms with Crippen molar-refractivity contribution in [3.8, 4) is 11.5 Å². The second kappa shape index (κ2) is 5.76. The van der Waals surface area contributed by atoms with Crippen LogP contribution < -0.4 is 4.74 Å². The highest BCUT2D eigenvalue weighted by Crippen LogP contribution is 2.38. The van der Waals surface area contributed by atoms with E-state index in [1.807, 2.05) is 0 Å². The number of imide groups is 1. The maximum Gasteiger partial charge on any atom is 0.293 e. The summed E-state index contributed by atoms with van der Waals surface area (Å²) in [6.07, 6.45) is 1.43. The van der Waals surface area contributed by atoms with Crippen LogP contribution >= 0.6 is 23.4 Å². The number of thioether (sulfide) groups is 1. The average Bonchev–Trinajstić information content (AvgIpc) is 2.67. The Morgan fingerprint density at radius 2 is 2.15 bits per heavy atom. The number of likely N-dealkylation sites (N-methyl/N-ethyl adjacent to an activating group) is 1. The molecule has 0 spiro atoms. The molecule has 0 radical (unpaired) electrons. The minimum Gasteiger partial charge on any atom is -0.504 e. The van der Waals surface area contributed by atoms with Crippen molar-refractivity contribution in [2.45, 2.75) is 6.92 Å². The highest BCUT2D eigenvalue weighted by Gasteiger charge is 2.33. The molecule has 1 fully saturated rings. The zero-order chi connectivity index (χ0) is 14.9. The summed E-state index contributed by atoms with van der Waals surface area (Å²) >= 11 is 6.75. The second-order valence-corrected chi connectivity index (χ2v) is 5.40. The van der Waals surface area contributed by atoms with Crippen molar-refractivity contribution >= 4 is 40.6 Å². The summed E-state index contributed by atoms with van der Waals surface area (Å²) in [5.74, 6) is -0.292. The highest BCUT2D eigenvalue weighted by atomic mass is 35.5. The van der Waals surface area contributed by atoms with Gasteiger partial charge in [0.2, 0.25) is 0 Å². The van der Waals surface area contributed by atoms with Crippen LogP contribution in [0.1, 0.15) is 12.5 Å². The Bertz CT molecular complexity index is 615. The largest absolute Gasteiger partial charge is 0.504 e. The number of ether oxygens (including phenoxy) is 1. The molecule has 0 aromatic heterocycles. The molecular weight excluding hydrogens is 302 g/mol. The Labute approximate surface area is 125 Å². The Balaban J connectivity index is 2.44. The van der Waals surface area contributed by atoms with Gasteiger partial charge in [-0.05, 0) is 30.8 Å². The molecule has 1 aliphatic heterocycles. The van der Waals surface area contributed by atoms with Gasteiger partial charge in [-0.3, -0.25) is 14.5 Å². The first-order valence-corrected chi connectivity index (χ1v) is 6.99. The third-order valence-corrected chi connectivity index (χ3v) is 3.89. The number of rotatable bonds is 3. The van der Waals surface area contributed by atoms with Gasteiger partial charge in [0.15, 0.2) is 11.5 Å². The van der Waals surface area contributed by atoms with E-state index in [0.717, 1.165) is 16.7 Å². The monoisotopic (exact) mass is 313 g/mol. The van der Waals surface area contributed by atoms with E-state index in [1.165, 1.54) is 25.3 Å². The number of methoxy groups -OCH3 is 1. The van der Waals surface area contributed by atoms with Gasteiger partial charge in [0.1, 0.15) is 0 Å². The number of halogens is 1. The lowest BCUT2D eigenvalue weighted by Crippen LogP contribution is -2.27. The fraction of sp³-hybridized carbons (Fsp3) is 0.231. The zero-order valence-electron chi connectivity index (χ0n) is 10.8. The fourth-order valence-corrected chi connectivity index (χ4v) is 2.88. The van der Waals surface area contributed by atoms with Crippen LogP contribution in [0.4, 0.5) is 4.79 Å². The fourth-order valence-electron chi connectivity index (χ4n) is 1.77. The first-order chi connectivity index (χ1) is 9.47. The molecule has 1 aliphatic rings. The predicted molar refractivity (Wildman–Crippen MR) is 78.0 cm³/mol. The van der Waals surface area contributed by atoms with Crippen LogP contribution in [0, 0.1) is 0 Å². The van der Waals surface area contributed by atoms with Crippen molar-refractivity contribution in [1.29, 1.82) is 0 Å². The Hall–Kier alpha value is -1.66. The Kier molecular flexibility index (Phi) is 4.25. The molecule has 1 aromatic rings. The van der Waals surface area contributed by atoms with Crippen LogP contribution in [0.2, 0.25) is 5.02 Å². The molecule has 106 valence electrons. The molecule has 0 unspecified atom stereocenters. The van der Waals surface area contributed by atoms with Crippen molar-refractivity contribution < 1.29 is 19.4 Å². The number of carbonyl (C=O) groups excluding carboxylic acids is 2. The van der Waals surface area contributed by atoms with Crippen molar-refractivity contribution in [3.05, 3.63) is 27.6 Å². The molecule has 1 N–H and O–H groups in total. The molecular formula is C13H12ClNO4S. The maximum atomic E-state index is 12.0. The number of carbonyl (C=O) groups is 2. The van der Waals surface area contributed by atoms with E-state index < -0.39 is 0 Å². The minimum atomic E-state index is -0.374. The van der Waals surface area contributed by atoms with Crippen LogP contribution in [-0.4, -0.2) is 34.8 Å². The van der Waals surface area contributed by atoms with E-state index in [-0.39, 0.29) is 27.6 Å². The molecule has 1 heterocycles. The number of phenols is 1. The number of amides is 2. The zero-order valence-corrected chi connectivity index (χ0v) is 12.4. The molecule has 0 atom stereocenters. The quantitative estimate of drug-likeness (QED) is 0.868. The summed E-state index contributed by atoms with van der Waals surface area (Å²) in [5.41, 5.74) is 0.330. The topological polar surface area (TPSA) is 66.8 Å². The average molecular weight is 314 g/mol. The molecule has 1 aromatic carbocycles. The summed E-state index contributed by atoms with van der Waals surface area (Å²) in [6, 6.07) is 2.96. The van der Waals surface area contributed by atoms with Gasteiger partial charge in [0.05, 0.1) is 12.0 Å². The number of hydrogen-bond acceptors (Lipinski definition) is 5. The van der Waals surface area contributed by atoms with Crippen molar-refractivity contribution in [2.24, 2.45) is 0 Å². The molecule has 2 rings (SSSR count). The van der Waals surface area contributed by atoms with Crippen LogP contribution in [0.25, 0.3) is 6.08 Å². The van der Waals surface area contributed by atoms with Crippen molar-refractivity contribution in [1.82, 2.24) is 4.90 Å². The van der Waals surface area contributed by atoms with E-state index in [9.17, 15) is 14.7 Å². The molecule has 20 heavy (non-hydrogen) atoms. The third-order valence-electron chi connectivity index (χ3n) is 2.77. The Morgan fingerprint density at radius 1 is 1.45 bits per heavy atom. The summed E-state index contributed by atoms with van der Waals surface area (Å²) in [7, 11) is 1.40. The lowest BCUT2D eigenvalue weighted by Gasteiger charge is -2.08. The predicted octanol–water partition coefficient (Wildman–Crippen LogP) is 3.11. The van der Waals surface area contributed by atoms with Crippen molar-refractivity contribution in [2.75, 3.05) is 13.7 Å². The lowest BCUT2D eigenvalue weighted by atomic mass is 10.1. The molecule has 2 amide bonds. The van der Waals surface area contributed by atoms with Gasteiger partial charge in [-0.2, -0.15) is 0 Å². The SMILES string of the molecule is CCN1C(=O)S/C(=C\c2cc(Cl)cc(OC)c2O)C1=O. The number of nitrogens with zero attached hydrogens (tertiary/aromatic N) is 1.